The zero-order chi connectivity index (χ0) is 47.5. The van der Waals surface area contributed by atoms with E-state index in [1.54, 1.807) is 60.0 Å². The van der Waals surface area contributed by atoms with Crippen molar-refractivity contribution >= 4 is 67.3 Å². The highest BCUT2D eigenvalue weighted by Crippen LogP contribution is 2.38. The molecule has 7 heterocycles. The Morgan fingerprint density at radius 1 is 0.623 bits per heavy atom. The van der Waals surface area contributed by atoms with Gasteiger partial charge in [-0.05, 0) is 119 Å². The molecule has 2 N–H and O–H groups in total. The van der Waals surface area contributed by atoms with E-state index in [9.17, 15) is 24.0 Å². The monoisotopic (exact) mass is 1060 g/mol. The summed E-state index contributed by atoms with van der Waals surface area (Å²) >= 11 is 6.67. The molecule has 0 saturated heterocycles. The molecular formula is C49H45Br2N11O7. The largest absolute Gasteiger partial charge is 0.465 e. The minimum absolute atomic E-state index is 0. The highest BCUT2D eigenvalue weighted by Gasteiger charge is 2.32. The molecule has 0 radical (unpaired) electrons. The molecule has 18 nitrogen and oxygen atoms in total. The van der Waals surface area contributed by atoms with Gasteiger partial charge in [0.25, 0.3) is 17.7 Å². The molecule has 5 aliphatic rings. The topological polar surface area (TPSA) is 218 Å². The van der Waals surface area contributed by atoms with Gasteiger partial charge in [-0.25, -0.2) is 19.6 Å². The van der Waals surface area contributed by atoms with Crippen LogP contribution >= 0.6 is 31.9 Å². The van der Waals surface area contributed by atoms with Crippen molar-refractivity contribution in [2.75, 3.05) is 19.1 Å². The second-order valence-corrected chi connectivity index (χ2v) is 17.8. The number of amides is 3. The van der Waals surface area contributed by atoms with Crippen LogP contribution in [0.15, 0.2) is 113 Å². The van der Waals surface area contributed by atoms with E-state index in [-0.39, 0.29) is 25.1 Å². The molecule has 3 aliphatic heterocycles. The Morgan fingerprint density at radius 2 is 1.13 bits per heavy atom. The number of nitrogens with one attached hydrogen (secondary N) is 2. The fraction of sp³-hybridized carbons (Fsp3) is 0.245. The molecule has 3 aromatic carbocycles. The van der Waals surface area contributed by atoms with Crippen LogP contribution in [0.4, 0.5) is 5.82 Å². The molecule has 352 valence electrons. The smallest absolute Gasteiger partial charge is 0.337 e. The second kappa shape index (κ2) is 20.8. The maximum Gasteiger partial charge on any atom is 0.337 e. The quantitative estimate of drug-likeness (QED) is 0.114. The van der Waals surface area contributed by atoms with Crippen LogP contribution in [-0.4, -0.2) is 83.4 Å². The number of esters is 2. The summed E-state index contributed by atoms with van der Waals surface area (Å²) in [5.41, 5.74) is 7.02. The number of pyridine rings is 2. The maximum atomic E-state index is 12.9. The molecule has 2 fully saturated rings. The lowest BCUT2D eigenvalue weighted by Crippen LogP contribution is -2.24. The summed E-state index contributed by atoms with van der Waals surface area (Å²) in [7, 11) is 2.63. The van der Waals surface area contributed by atoms with Crippen LogP contribution in [0.25, 0.3) is 23.0 Å². The summed E-state index contributed by atoms with van der Waals surface area (Å²) in [5, 5.41) is 21.7. The van der Waals surface area contributed by atoms with Gasteiger partial charge in [0, 0.05) is 46.3 Å². The number of fused-ring (bicyclic) bond motifs is 3. The van der Waals surface area contributed by atoms with Crippen molar-refractivity contribution in [1.82, 2.24) is 50.1 Å². The molecule has 69 heavy (non-hydrogen) atoms. The summed E-state index contributed by atoms with van der Waals surface area (Å²) in [6.07, 6.45) is 8.20. The van der Waals surface area contributed by atoms with Gasteiger partial charge in [0.2, 0.25) is 0 Å². The normalized spacial score (nSPS) is 14.7. The van der Waals surface area contributed by atoms with Crippen LogP contribution in [0.5, 0.6) is 0 Å². The van der Waals surface area contributed by atoms with E-state index in [0.29, 0.717) is 71.3 Å². The third kappa shape index (κ3) is 10.7. The van der Waals surface area contributed by atoms with E-state index in [1.807, 2.05) is 53.1 Å². The van der Waals surface area contributed by atoms with Crippen molar-refractivity contribution in [3.63, 3.8) is 0 Å². The molecule has 3 amide bonds. The third-order valence-electron chi connectivity index (χ3n) is 11.5. The van der Waals surface area contributed by atoms with Gasteiger partial charge in [-0.3, -0.25) is 19.3 Å². The van der Waals surface area contributed by atoms with Crippen LogP contribution < -0.4 is 15.5 Å². The van der Waals surface area contributed by atoms with Gasteiger partial charge < -0.3 is 29.2 Å². The summed E-state index contributed by atoms with van der Waals surface area (Å²) in [4.78, 5) is 68.9. The van der Waals surface area contributed by atoms with E-state index >= 15 is 0 Å². The Balaban J connectivity index is 0.000000133. The van der Waals surface area contributed by atoms with Crippen molar-refractivity contribution < 1.29 is 33.4 Å². The first-order chi connectivity index (χ1) is 33.0. The first-order valence-corrected chi connectivity index (χ1v) is 23.1. The summed E-state index contributed by atoms with van der Waals surface area (Å²) in [6.45, 7) is 1.61. The predicted octanol–water partition coefficient (Wildman–Crippen LogP) is 8.10. The Kier molecular flexibility index (Phi) is 14.5. The SMILES string of the molecule is Brc1cccc(-c2nncn2C2CC2)n1.C.COC(=O)c1ccc2c(c1)C(=O)N(c1cccc(-c3nncn3C3CC3)n1)C2.COC(=O)c1ccc2c(c1)C(=O)NC2.O=C1NCc2ccc(Br)cc21. The van der Waals surface area contributed by atoms with Crippen molar-refractivity contribution in [2.24, 2.45) is 0 Å². The Bertz CT molecular complexity index is 3110. The number of aromatic nitrogens is 8. The van der Waals surface area contributed by atoms with E-state index < -0.39 is 11.9 Å². The van der Waals surface area contributed by atoms with Gasteiger partial charge in [-0.15, -0.1) is 20.4 Å². The number of nitrogens with zero attached hydrogens (tertiary/aromatic N) is 9. The van der Waals surface area contributed by atoms with Crippen molar-refractivity contribution in [3.8, 4) is 23.0 Å². The van der Waals surface area contributed by atoms with E-state index in [4.69, 9.17) is 4.74 Å². The number of rotatable bonds is 7. The molecule has 4 aromatic heterocycles. The standard InChI is InChI=1S/C20H17N5O3.C10H9BrN4.C10H9NO3.C8H6BrNO.CH4/c1-28-20(27)12-5-6-13-10-24(19(26)15(13)9-12)17-4-2-3-16(22-17)18-23-21-11-25(18)14-7-8-14;11-9-3-1-2-8(13-9)10-14-12-6-15(10)7-4-5-7;1-14-10(13)6-2-3-7-5-11-9(12)8(7)4-6;9-6-2-1-5-4-10-8(11)7(5)3-6;/h2-6,9,11,14H,7-8,10H2,1H3;1-3,6-7H,4-5H2;2-4H,5H2,1H3,(H,11,12);1-3H,4H2,(H,10,11);1H4. The number of hydrogen-bond donors (Lipinski definition) is 2. The second-order valence-electron chi connectivity index (χ2n) is 16.1. The lowest BCUT2D eigenvalue weighted by molar-refractivity contribution is 0.0591. The molecule has 0 bridgehead atoms. The first kappa shape index (κ1) is 48.0. The number of halogens is 2. The zero-order valence-corrected chi connectivity index (χ0v) is 39.7. The lowest BCUT2D eigenvalue weighted by Gasteiger charge is -2.15. The third-order valence-corrected chi connectivity index (χ3v) is 12.5. The number of benzene rings is 3. The minimum Gasteiger partial charge on any atom is -0.465 e. The predicted molar refractivity (Wildman–Crippen MR) is 260 cm³/mol. The highest BCUT2D eigenvalue weighted by atomic mass is 79.9. The maximum absolute atomic E-state index is 12.9. The molecule has 0 unspecified atom stereocenters. The van der Waals surface area contributed by atoms with Crippen molar-refractivity contribution in [2.45, 2.75) is 64.8 Å². The first-order valence-electron chi connectivity index (χ1n) is 21.5. The van der Waals surface area contributed by atoms with Gasteiger partial charge in [-0.2, -0.15) is 0 Å². The number of hydrogen-bond acceptors (Lipinski definition) is 13. The molecule has 0 spiro atoms. The molecule has 2 saturated carbocycles. The Labute approximate surface area is 413 Å². The van der Waals surface area contributed by atoms with Gasteiger partial charge in [0.05, 0.1) is 31.9 Å². The zero-order valence-electron chi connectivity index (χ0n) is 36.6. The van der Waals surface area contributed by atoms with E-state index in [2.05, 4.69) is 82.2 Å². The van der Waals surface area contributed by atoms with E-state index in [1.165, 1.54) is 27.1 Å². The van der Waals surface area contributed by atoms with Gasteiger partial charge >= 0.3 is 11.9 Å². The fourth-order valence-corrected chi connectivity index (χ4v) is 8.40. The molecule has 2 aliphatic carbocycles. The molecule has 20 heteroatoms. The molecule has 0 atom stereocenters. The van der Waals surface area contributed by atoms with Crippen LogP contribution in [0.2, 0.25) is 0 Å². The molecule has 7 aromatic rings. The molecular weight excluding hydrogens is 1010 g/mol. The lowest BCUT2D eigenvalue weighted by atomic mass is 10.1. The summed E-state index contributed by atoms with van der Waals surface area (Å²) in [5.74, 6) is 0.936. The summed E-state index contributed by atoms with van der Waals surface area (Å²) < 4.78 is 15.2. The van der Waals surface area contributed by atoms with Crippen molar-refractivity contribution in [3.05, 3.63) is 157 Å². The van der Waals surface area contributed by atoms with E-state index in [0.717, 1.165) is 55.7 Å². The number of carbonyl (C=O) groups is 5. The van der Waals surface area contributed by atoms with Gasteiger partial charge in [0.15, 0.2) is 11.6 Å². The molecule has 12 rings (SSSR count). The summed E-state index contributed by atoms with van der Waals surface area (Å²) in [6, 6.07) is 28.1. The van der Waals surface area contributed by atoms with Crippen LogP contribution in [0.3, 0.4) is 0 Å². The van der Waals surface area contributed by atoms with Crippen LogP contribution in [0.1, 0.15) is 114 Å². The Morgan fingerprint density at radius 3 is 1.68 bits per heavy atom. The van der Waals surface area contributed by atoms with Crippen LogP contribution in [0, 0.1) is 0 Å². The Hall–Kier alpha value is -7.45. The van der Waals surface area contributed by atoms with Gasteiger partial charge in [-0.1, -0.05) is 53.7 Å². The average Bonchev–Trinajstić information content (AvgIpc) is 4.13. The fourth-order valence-electron chi connectivity index (χ4n) is 7.70. The number of methoxy groups -OCH3 is 2. The average molecular weight is 1060 g/mol. The highest BCUT2D eigenvalue weighted by molar-refractivity contribution is 9.10. The van der Waals surface area contributed by atoms with Crippen LogP contribution in [-0.2, 0) is 29.1 Å². The van der Waals surface area contributed by atoms with Gasteiger partial charge in [0.1, 0.15) is 34.5 Å². The van der Waals surface area contributed by atoms with Crippen molar-refractivity contribution in [1.29, 1.82) is 0 Å². The number of carbonyl (C=O) groups excluding carboxylic acids is 5. The number of ether oxygens (including phenoxy) is 2. The number of anilines is 1. The minimum atomic E-state index is -0.464.